The van der Waals surface area contributed by atoms with Gasteiger partial charge < -0.3 is 25.0 Å². The summed E-state index contributed by atoms with van der Waals surface area (Å²) in [4.78, 5) is 53.1. The van der Waals surface area contributed by atoms with Crippen LogP contribution in [0.3, 0.4) is 0 Å². The van der Waals surface area contributed by atoms with Crippen molar-refractivity contribution in [2.75, 3.05) is 19.7 Å². The molecule has 1 aromatic rings. The minimum atomic E-state index is -1.000. The molecule has 0 saturated carbocycles. The molecule has 0 aliphatic rings. The number of amides is 3. The van der Waals surface area contributed by atoms with Crippen LogP contribution in [0.4, 0.5) is 4.79 Å². The molecule has 2 unspecified atom stereocenters. The van der Waals surface area contributed by atoms with Crippen molar-refractivity contribution in [3.8, 4) is 12.3 Å². The van der Waals surface area contributed by atoms with Crippen LogP contribution in [0.5, 0.6) is 0 Å². The van der Waals surface area contributed by atoms with Gasteiger partial charge in [0.2, 0.25) is 11.8 Å². The first-order valence-corrected chi connectivity index (χ1v) is 14.2. The van der Waals surface area contributed by atoms with Crippen LogP contribution in [0, 0.1) is 12.3 Å². The number of ether oxygens (including phenoxy) is 2. The number of hydrogen-bond donors (Lipinski definition) is 2. The summed E-state index contributed by atoms with van der Waals surface area (Å²) in [6.07, 6.45) is 10.8. The molecule has 0 bridgehead atoms. The van der Waals surface area contributed by atoms with E-state index in [4.69, 9.17) is 15.9 Å². The Kier molecular flexibility index (Phi) is 15.5. The van der Waals surface area contributed by atoms with Crippen LogP contribution < -0.4 is 10.6 Å². The predicted molar refractivity (Wildman–Crippen MR) is 155 cm³/mol. The van der Waals surface area contributed by atoms with Gasteiger partial charge in [0, 0.05) is 18.7 Å². The SMILES string of the molecule is C#Cc1ccc(C(C(=O)NCCC(=O)OCC)N(CCCCCCCC)C(=O)C(C)NC(=O)OC(C)(C)C)cc1. The number of benzene rings is 1. The molecule has 3 amide bonds. The van der Waals surface area contributed by atoms with E-state index in [9.17, 15) is 19.2 Å². The Morgan fingerprint density at radius 3 is 2.20 bits per heavy atom. The Labute approximate surface area is 239 Å². The van der Waals surface area contributed by atoms with Gasteiger partial charge in [-0.1, -0.05) is 57.1 Å². The molecule has 0 aromatic heterocycles. The summed E-state index contributed by atoms with van der Waals surface area (Å²) in [5.41, 5.74) is 0.473. The second-order valence-electron chi connectivity index (χ2n) is 10.7. The lowest BCUT2D eigenvalue weighted by molar-refractivity contribution is -0.144. The Balaban J connectivity index is 3.27. The van der Waals surface area contributed by atoms with Gasteiger partial charge >= 0.3 is 12.1 Å². The van der Waals surface area contributed by atoms with E-state index in [1.54, 1.807) is 58.9 Å². The van der Waals surface area contributed by atoms with Crippen molar-refractivity contribution in [1.29, 1.82) is 0 Å². The third-order valence-electron chi connectivity index (χ3n) is 6.03. The molecule has 0 aliphatic carbocycles. The van der Waals surface area contributed by atoms with E-state index in [-0.39, 0.29) is 19.6 Å². The molecule has 0 radical (unpaired) electrons. The van der Waals surface area contributed by atoms with Crippen LogP contribution in [0.25, 0.3) is 0 Å². The summed E-state index contributed by atoms with van der Waals surface area (Å²) in [5.74, 6) is 1.26. The van der Waals surface area contributed by atoms with E-state index in [1.165, 1.54) is 4.90 Å². The first-order chi connectivity index (χ1) is 18.9. The molecule has 1 aromatic carbocycles. The number of carbonyl (C=O) groups excluding carboxylic acids is 4. The fourth-order valence-corrected chi connectivity index (χ4v) is 4.08. The molecule has 1 rings (SSSR count). The number of carbonyl (C=O) groups is 4. The number of unbranched alkanes of at least 4 members (excludes halogenated alkanes) is 5. The summed E-state index contributed by atoms with van der Waals surface area (Å²) in [7, 11) is 0. The summed E-state index contributed by atoms with van der Waals surface area (Å²) in [6.45, 7) is 11.2. The first kappa shape index (κ1) is 34.5. The highest BCUT2D eigenvalue weighted by atomic mass is 16.6. The van der Waals surface area contributed by atoms with Gasteiger partial charge in [-0.25, -0.2) is 4.79 Å². The summed E-state index contributed by atoms with van der Waals surface area (Å²) in [5, 5.41) is 5.38. The molecule has 9 heteroatoms. The van der Waals surface area contributed by atoms with Crippen LogP contribution in [0.15, 0.2) is 24.3 Å². The lowest BCUT2D eigenvalue weighted by Crippen LogP contribution is -2.52. The maximum absolute atomic E-state index is 13.8. The lowest BCUT2D eigenvalue weighted by Gasteiger charge is -2.34. The van der Waals surface area contributed by atoms with Gasteiger partial charge in [-0.15, -0.1) is 6.42 Å². The molecule has 0 saturated heterocycles. The smallest absolute Gasteiger partial charge is 0.408 e. The molecule has 0 aliphatic heterocycles. The van der Waals surface area contributed by atoms with Crippen molar-refractivity contribution in [1.82, 2.24) is 15.5 Å². The normalized spacial score (nSPS) is 12.4. The van der Waals surface area contributed by atoms with E-state index in [0.717, 1.165) is 32.1 Å². The average molecular weight is 558 g/mol. The summed E-state index contributed by atoms with van der Waals surface area (Å²) >= 11 is 0. The highest BCUT2D eigenvalue weighted by molar-refractivity contribution is 5.92. The van der Waals surface area contributed by atoms with E-state index >= 15 is 0 Å². The molecule has 9 nitrogen and oxygen atoms in total. The highest BCUT2D eigenvalue weighted by Gasteiger charge is 2.34. The van der Waals surface area contributed by atoms with Crippen LogP contribution in [0.1, 0.15) is 104 Å². The van der Waals surface area contributed by atoms with Crippen molar-refractivity contribution in [2.24, 2.45) is 0 Å². The zero-order valence-electron chi connectivity index (χ0n) is 25.0. The molecule has 0 spiro atoms. The van der Waals surface area contributed by atoms with Crippen molar-refractivity contribution >= 4 is 23.9 Å². The van der Waals surface area contributed by atoms with E-state index < -0.39 is 41.6 Å². The molecular weight excluding hydrogens is 510 g/mol. The largest absolute Gasteiger partial charge is 0.466 e. The molecular formula is C31H47N3O6. The maximum atomic E-state index is 13.8. The van der Waals surface area contributed by atoms with Crippen molar-refractivity contribution < 1.29 is 28.7 Å². The van der Waals surface area contributed by atoms with Gasteiger partial charge in [0.25, 0.3) is 0 Å². The molecule has 2 N–H and O–H groups in total. The second kappa shape index (κ2) is 17.9. The number of esters is 1. The van der Waals surface area contributed by atoms with Crippen LogP contribution in [-0.4, -0.2) is 60.1 Å². The zero-order chi connectivity index (χ0) is 30.1. The van der Waals surface area contributed by atoms with Crippen molar-refractivity contribution in [3.63, 3.8) is 0 Å². The van der Waals surface area contributed by atoms with Gasteiger partial charge in [0.1, 0.15) is 17.7 Å². The Morgan fingerprint density at radius 1 is 1.00 bits per heavy atom. The first-order valence-electron chi connectivity index (χ1n) is 14.2. The Hall–Kier alpha value is -3.54. The third kappa shape index (κ3) is 13.0. The predicted octanol–water partition coefficient (Wildman–Crippen LogP) is 4.88. The van der Waals surface area contributed by atoms with Crippen LogP contribution in [0.2, 0.25) is 0 Å². The van der Waals surface area contributed by atoms with E-state index in [0.29, 0.717) is 24.1 Å². The van der Waals surface area contributed by atoms with Crippen molar-refractivity contribution in [2.45, 2.75) is 104 Å². The van der Waals surface area contributed by atoms with Gasteiger partial charge in [-0.2, -0.15) is 0 Å². The van der Waals surface area contributed by atoms with Crippen molar-refractivity contribution in [3.05, 3.63) is 35.4 Å². The molecule has 40 heavy (non-hydrogen) atoms. The zero-order valence-corrected chi connectivity index (χ0v) is 25.0. The van der Waals surface area contributed by atoms with E-state index in [1.807, 2.05) is 0 Å². The number of nitrogens with zero attached hydrogens (tertiary/aromatic N) is 1. The van der Waals surface area contributed by atoms with Gasteiger partial charge in [0.05, 0.1) is 13.0 Å². The number of rotatable bonds is 16. The number of terminal acetylenes is 1. The topological polar surface area (TPSA) is 114 Å². The highest BCUT2D eigenvalue weighted by Crippen LogP contribution is 2.24. The molecule has 2 atom stereocenters. The number of alkyl carbamates (subject to hydrolysis) is 1. The quantitative estimate of drug-likeness (QED) is 0.170. The standard InChI is InChI=1S/C31H47N3O6/c1-8-11-12-13-14-15-22-34(29(37)23(4)33-30(38)40-31(5,6)7)27(25-18-16-24(9-2)17-19-25)28(36)32-21-20-26(35)39-10-3/h2,16-19,23,27H,8,10-15,20-22H2,1,3-7H3,(H,32,36)(H,33,38). The summed E-state index contributed by atoms with van der Waals surface area (Å²) in [6, 6.07) is 4.92. The third-order valence-corrected chi connectivity index (χ3v) is 6.03. The van der Waals surface area contributed by atoms with Gasteiger partial charge in [0.15, 0.2) is 0 Å². The van der Waals surface area contributed by atoms with Gasteiger partial charge in [-0.05, 0) is 58.7 Å². The van der Waals surface area contributed by atoms with Crippen LogP contribution in [-0.2, 0) is 23.9 Å². The fraction of sp³-hybridized carbons (Fsp3) is 0.613. The van der Waals surface area contributed by atoms with Crippen LogP contribution >= 0.6 is 0 Å². The lowest BCUT2D eigenvalue weighted by atomic mass is 10.0. The minimum Gasteiger partial charge on any atom is -0.466 e. The number of nitrogens with one attached hydrogen (secondary N) is 2. The Morgan fingerprint density at radius 2 is 1.62 bits per heavy atom. The minimum absolute atomic E-state index is 0.00427. The average Bonchev–Trinajstić information content (AvgIpc) is 2.88. The maximum Gasteiger partial charge on any atom is 0.408 e. The Bertz CT molecular complexity index is 994. The monoisotopic (exact) mass is 557 g/mol. The van der Waals surface area contributed by atoms with E-state index in [2.05, 4.69) is 23.5 Å². The molecule has 0 heterocycles. The molecule has 0 fully saturated rings. The fourth-order valence-electron chi connectivity index (χ4n) is 4.08. The van der Waals surface area contributed by atoms with Gasteiger partial charge in [-0.3, -0.25) is 14.4 Å². The summed E-state index contributed by atoms with van der Waals surface area (Å²) < 4.78 is 10.3. The molecule has 222 valence electrons. The number of hydrogen-bond acceptors (Lipinski definition) is 6. The second-order valence-corrected chi connectivity index (χ2v) is 10.7.